The van der Waals surface area contributed by atoms with Crippen LogP contribution >= 0.6 is 0 Å². The summed E-state index contributed by atoms with van der Waals surface area (Å²) in [6.45, 7) is 3.21. The molecule has 0 spiro atoms. The van der Waals surface area contributed by atoms with Crippen LogP contribution in [-0.2, 0) is 4.79 Å². The number of hydrogen-bond donors (Lipinski definition) is 1. The highest BCUT2D eigenvalue weighted by atomic mass is 16.4. The van der Waals surface area contributed by atoms with Crippen LogP contribution in [0.25, 0.3) is 0 Å². The summed E-state index contributed by atoms with van der Waals surface area (Å²) in [5, 5.41) is 11.2. The van der Waals surface area contributed by atoms with Gasteiger partial charge in [-0.15, -0.1) is 0 Å². The maximum atomic E-state index is 11.2. The summed E-state index contributed by atoms with van der Waals surface area (Å²) in [6, 6.07) is 0. The third-order valence-electron chi connectivity index (χ3n) is 6.69. The van der Waals surface area contributed by atoms with E-state index in [-0.39, 0.29) is 11.0 Å². The zero-order chi connectivity index (χ0) is 24.0. The lowest BCUT2D eigenvalue weighted by atomic mass is 10.1. The first-order chi connectivity index (χ1) is 16.1. The van der Waals surface area contributed by atoms with E-state index in [1.165, 1.54) is 103 Å². The lowest BCUT2D eigenvalue weighted by molar-refractivity contribution is -0.780. The summed E-state index contributed by atoms with van der Waals surface area (Å²) in [5.41, 5.74) is 5.71. The zero-order valence-corrected chi connectivity index (χ0v) is 21.4. The van der Waals surface area contributed by atoms with Gasteiger partial charge in [-0.1, -0.05) is 96.1 Å². The molecule has 1 rings (SSSR count). The molecule has 0 fully saturated rings. The van der Waals surface area contributed by atoms with Crippen molar-refractivity contribution in [2.45, 2.75) is 122 Å². The van der Waals surface area contributed by atoms with E-state index >= 15 is 0 Å². The molecular weight excluding hydrogens is 410 g/mol. The number of nitrogens with zero attached hydrogens (tertiary/aromatic N) is 2. The number of amidine groups is 1. The molecule has 1 aliphatic heterocycles. The van der Waals surface area contributed by atoms with E-state index < -0.39 is 5.97 Å². The smallest absolute Gasteiger partial charge is 0.207 e. The van der Waals surface area contributed by atoms with Gasteiger partial charge in [0.05, 0.1) is 12.2 Å². The van der Waals surface area contributed by atoms with Gasteiger partial charge in [0.2, 0.25) is 5.84 Å². The van der Waals surface area contributed by atoms with Crippen LogP contribution in [0.3, 0.4) is 0 Å². The second kappa shape index (κ2) is 20.0. The number of carboxylic acid groups (broad SMARTS) is 1. The fourth-order valence-electron chi connectivity index (χ4n) is 4.68. The van der Waals surface area contributed by atoms with Gasteiger partial charge < -0.3 is 15.6 Å². The SMILES string of the molecule is CCCCCCCCCCC/C=C/CCCCCCCCC1=NC=C[N+]1(CCN)CC(=O)[O-]. The number of rotatable bonds is 23. The highest BCUT2D eigenvalue weighted by molar-refractivity contribution is 5.80. The van der Waals surface area contributed by atoms with Crippen LogP contribution in [-0.4, -0.2) is 35.9 Å². The van der Waals surface area contributed by atoms with Crippen molar-refractivity contribution in [1.82, 2.24) is 0 Å². The first-order valence-corrected chi connectivity index (χ1v) is 13.8. The standard InChI is InChI=1S/C28H51N3O2/c1-2-3-4-5-6-7-8-9-10-11-12-13-14-15-16-17-18-19-20-21-27-30-23-25-31(27,24-22-29)26-28(32)33/h12-13,23,25H,2-11,14-22,24,26,29H2,1H3/b13-12+. The number of aliphatic imine (C=N–C) groups is 1. The Bertz CT molecular complexity index is 586. The summed E-state index contributed by atoms with van der Waals surface area (Å²) in [5.74, 6) is -0.133. The number of hydrogen-bond acceptors (Lipinski definition) is 4. The number of carbonyl (C=O) groups excluding carboxylic acids is 1. The van der Waals surface area contributed by atoms with Gasteiger partial charge >= 0.3 is 0 Å². The van der Waals surface area contributed by atoms with Crippen molar-refractivity contribution in [1.29, 1.82) is 0 Å². The summed E-state index contributed by atoms with van der Waals surface area (Å²) in [6.07, 6.45) is 31.5. The van der Waals surface area contributed by atoms with Gasteiger partial charge in [0.15, 0.2) is 0 Å². The summed E-state index contributed by atoms with van der Waals surface area (Å²) in [4.78, 5) is 15.6. The van der Waals surface area contributed by atoms with Gasteiger partial charge in [-0.2, -0.15) is 0 Å². The first-order valence-electron chi connectivity index (χ1n) is 13.8. The third-order valence-corrected chi connectivity index (χ3v) is 6.69. The molecule has 0 saturated heterocycles. The number of unbranched alkanes of at least 4 members (excludes halogenated alkanes) is 15. The molecule has 0 amide bonds. The van der Waals surface area contributed by atoms with E-state index in [2.05, 4.69) is 24.1 Å². The summed E-state index contributed by atoms with van der Waals surface area (Å²) in [7, 11) is 0. The summed E-state index contributed by atoms with van der Waals surface area (Å²) < 4.78 is 0.240. The van der Waals surface area contributed by atoms with Crippen LogP contribution in [0.2, 0.25) is 0 Å². The molecule has 0 aliphatic carbocycles. The molecule has 5 nitrogen and oxygen atoms in total. The topological polar surface area (TPSA) is 78.5 Å². The molecule has 1 aliphatic rings. The van der Waals surface area contributed by atoms with Gasteiger partial charge in [0.25, 0.3) is 0 Å². The van der Waals surface area contributed by atoms with E-state index in [1.807, 2.05) is 6.20 Å². The second-order valence-corrected chi connectivity index (χ2v) is 9.67. The molecule has 0 aromatic rings. The van der Waals surface area contributed by atoms with Crippen LogP contribution in [0.4, 0.5) is 0 Å². The molecule has 1 heterocycles. The third kappa shape index (κ3) is 14.4. The molecule has 5 heteroatoms. The Morgan fingerprint density at radius 3 is 1.91 bits per heavy atom. The van der Waals surface area contributed by atoms with Crippen LogP contribution in [0.1, 0.15) is 122 Å². The monoisotopic (exact) mass is 461 g/mol. The first kappa shape index (κ1) is 29.6. The minimum Gasteiger partial charge on any atom is -0.544 e. The summed E-state index contributed by atoms with van der Waals surface area (Å²) >= 11 is 0. The van der Waals surface area contributed by atoms with E-state index in [0.717, 1.165) is 18.7 Å². The van der Waals surface area contributed by atoms with Crippen molar-refractivity contribution in [2.75, 3.05) is 19.6 Å². The Kier molecular flexibility index (Phi) is 17.9. The normalized spacial score (nSPS) is 17.8. The minimum atomic E-state index is -1.05. The number of aliphatic carboxylic acids is 1. The predicted molar refractivity (Wildman–Crippen MR) is 139 cm³/mol. The van der Waals surface area contributed by atoms with Crippen molar-refractivity contribution in [3.05, 3.63) is 24.6 Å². The Hall–Kier alpha value is -1.46. The van der Waals surface area contributed by atoms with Crippen LogP contribution < -0.4 is 10.8 Å². The van der Waals surface area contributed by atoms with Crippen LogP contribution in [0.5, 0.6) is 0 Å². The molecule has 0 aromatic heterocycles. The van der Waals surface area contributed by atoms with Crippen LogP contribution in [0.15, 0.2) is 29.5 Å². The fraction of sp³-hybridized carbons (Fsp3) is 0.786. The van der Waals surface area contributed by atoms with Crippen molar-refractivity contribution >= 4 is 11.8 Å². The largest absolute Gasteiger partial charge is 0.544 e. The molecule has 0 bridgehead atoms. The predicted octanol–water partition coefficient (Wildman–Crippen LogP) is 5.99. The number of allylic oxidation sites excluding steroid dienone is 2. The van der Waals surface area contributed by atoms with Gasteiger partial charge in [-0.25, -0.2) is 9.48 Å². The Labute approximate surface area is 203 Å². The maximum absolute atomic E-state index is 11.2. The van der Waals surface area contributed by atoms with Crippen molar-refractivity contribution in [3.63, 3.8) is 0 Å². The number of nitrogens with two attached hydrogens (primary N) is 1. The molecule has 1 atom stereocenters. The maximum Gasteiger partial charge on any atom is 0.207 e. The highest BCUT2D eigenvalue weighted by Gasteiger charge is 2.34. The molecular formula is C28H51N3O2. The van der Waals surface area contributed by atoms with Crippen molar-refractivity contribution in [3.8, 4) is 0 Å². The van der Waals surface area contributed by atoms with Crippen LogP contribution in [0, 0.1) is 0 Å². The fourth-order valence-corrected chi connectivity index (χ4v) is 4.68. The zero-order valence-electron chi connectivity index (χ0n) is 21.4. The molecule has 0 radical (unpaired) electrons. The molecule has 190 valence electrons. The molecule has 0 saturated carbocycles. The molecule has 0 aromatic carbocycles. The number of carbonyl (C=O) groups is 1. The van der Waals surface area contributed by atoms with Gasteiger partial charge in [-0.05, 0) is 32.1 Å². The van der Waals surface area contributed by atoms with Crippen molar-refractivity contribution < 1.29 is 14.4 Å². The number of carboxylic acids is 1. The lowest BCUT2D eigenvalue weighted by Crippen LogP contribution is -2.55. The Morgan fingerprint density at radius 1 is 0.879 bits per heavy atom. The quantitative estimate of drug-likeness (QED) is 0.115. The van der Waals surface area contributed by atoms with Gasteiger partial charge in [-0.3, -0.25) is 0 Å². The minimum absolute atomic E-state index is 0.0703. The highest BCUT2D eigenvalue weighted by Crippen LogP contribution is 2.21. The lowest BCUT2D eigenvalue weighted by Gasteiger charge is -2.32. The average molecular weight is 462 g/mol. The van der Waals surface area contributed by atoms with Crippen molar-refractivity contribution in [2.24, 2.45) is 10.7 Å². The molecule has 33 heavy (non-hydrogen) atoms. The second-order valence-electron chi connectivity index (χ2n) is 9.67. The van der Waals surface area contributed by atoms with E-state index in [0.29, 0.717) is 13.1 Å². The van der Waals surface area contributed by atoms with E-state index in [9.17, 15) is 9.90 Å². The molecule has 2 N–H and O–H groups in total. The van der Waals surface area contributed by atoms with E-state index in [4.69, 9.17) is 5.73 Å². The average Bonchev–Trinajstić information content (AvgIpc) is 3.16. The van der Waals surface area contributed by atoms with E-state index in [1.54, 1.807) is 6.20 Å². The molecule has 1 unspecified atom stereocenters. The number of quaternary nitrogens is 1. The Morgan fingerprint density at radius 2 is 1.39 bits per heavy atom. The van der Waals surface area contributed by atoms with Gasteiger partial charge in [0, 0.05) is 13.0 Å². The Balaban J connectivity index is 1.93. The van der Waals surface area contributed by atoms with Gasteiger partial charge in [0.1, 0.15) is 19.3 Å².